The van der Waals surface area contributed by atoms with E-state index in [1.165, 1.54) is 13.8 Å². The average molecular weight is 460 g/mol. The Bertz CT molecular complexity index is 1010. The highest BCUT2D eigenvalue weighted by molar-refractivity contribution is 7.91. The molecule has 2 heterocycles. The number of carbonyl (C=O) groups excluding carboxylic acids is 1. The number of aliphatic hydroxyl groups is 1. The largest absolute Gasteiger partial charge is 0.616 e. The molecule has 0 spiro atoms. The van der Waals surface area contributed by atoms with E-state index in [0.29, 0.717) is 35.5 Å². The highest BCUT2D eigenvalue weighted by Crippen LogP contribution is 2.29. The normalized spacial score (nSPS) is 18.6. The first-order valence-electron chi connectivity index (χ1n) is 10.0. The van der Waals surface area contributed by atoms with Crippen LogP contribution in [0.5, 0.6) is 5.88 Å². The van der Waals surface area contributed by atoms with Crippen LogP contribution in [0.25, 0.3) is 11.4 Å². The highest BCUT2D eigenvalue weighted by Gasteiger charge is 2.28. The van der Waals surface area contributed by atoms with Crippen molar-refractivity contribution in [3.05, 3.63) is 35.4 Å². The van der Waals surface area contributed by atoms with Crippen molar-refractivity contribution < 1.29 is 24.0 Å². The predicted molar refractivity (Wildman–Crippen MR) is 118 cm³/mol. The summed E-state index contributed by atoms with van der Waals surface area (Å²) in [6, 6.07) is 8.71. The van der Waals surface area contributed by atoms with Crippen LogP contribution in [0.1, 0.15) is 42.6 Å². The van der Waals surface area contributed by atoms with Gasteiger partial charge in [0.1, 0.15) is 35.6 Å². The fraction of sp³-hybridized carbons (Fsp3) is 0.429. The molecule has 0 radical (unpaired) electrons. The van der Waals surface area contributed by atoms with E-state index < -0.39 is 22.7 Å². The summed E-state index contributed by atoms with van der Waals surface area (Å²) in [7, 11) is 0. The summed E-state index contributed by atoms with van der Waals surface area (Å²) in [6.07, 6.45) is 0.807. The maximum atomic E-state index is 12.8. The Labute approximate surface area is 188 Å². The zero-order valence-electron chi connectivity index (χ0n) is 17.8. The quantitative estimate of drug-likeness (QED) is 0.408. The summed E-state index contributed by atoms with van der Waals surface area (Å²) >= 11 is -0.879. The van der Waals surface area contributed by atoms with Gasteiger partial charge < -0.3 is 20.1 Å². The first-order chi connectivity index (χ1) is 15.2. The topological polar surface area (TPSA) is 166 Å². The first kappa shape index (κ1) is 23.7. The van der Waals surface area contributed by atoms with Gasteiger partial charge in [-0.3, -0.25) is 9.63 Å². The van der Waals surface area contributed by atoms with Gasteiger partial charge in [-0.05, 0) is 26.0 Å². The Balaban J connectivity index is 1.93. The summed E-state index contributed by atoms with van der Waals surface area (Å²) < 4.78 is 17.7. The Morgan fingerprint density at radius 1 is 1.41 bits per heavy atom. The van der Waals surface area contributed by atoms with Gasteiger partial charge in [0, 0.05) is 18.4 Å². The van der Waals surface area contributed by atoms with Gasteiger partial charge in [-0.1, -0.05) is 23.3 Å². The second kappa shape index (κ2) is 10.1. The summed E-state index contributed by atoms with van der Waals surface area (Å²) in [6.45, 7) is 2.91. The second-order valence-corrected chi connectivity index (χ2v) is 9.70. The van der Waals surface area contributed by atoms with Crippen LogP contribution in [0, 0.1) is 11.3 Å². The molecule has 1 aliphatic heterocycles. The molecule has 3 rings (SSSR count). The van der Waals surface area contributed by atoms with E-state index in [1.54, 1.807) is 24.3 Å². The van der Waals surface area contributed by atoms with Gasteiger partial charge in [0.25, 0.3) is 5.91 Å². The highest BCUT2D eigenvalue weighted by atomic mass is 32.2. The molecule has 32 heavy (non-hydrogen) atoms. The minimum Gasteiger partial charge on any atom is -0.616 e. The Hall–Kier alpha value is -2.91. The molecule has 170 valence electrons. The summed E-state index contributed by atoms with van der Waals surface area (Å²) in [5.74, 6) is 0.311. The van der Waals surface area contributed by atoms with Gasteiger partial charge >= 0.3 is 0 Å². The third-order valence-electron chi connectivity index (χ3n) is 4.58. The van der Waals surface area contributed by atoms with Crippen LogP contribution in [0.3, 0.4) is 0 Å². The molecule has 4 N–H and O–H groups in total. The lowest BCUT2D eigenvalue weighted by atomic mass is 10.1. The molecular formula is C21H25N5O5S. The van der Waals surface area contributed by atoms with E-state index in [-0.39, 0.29) is 35.8 Å². The number of nitrogens with one attached hydrogen (secondary N) is 1. The Kier molecular flexibility index (Phi) is 7.52. The number of nitrogens with zero attached hydrogens (tertiary/aromatic N) is 3. The second-order valence-electron chi connectivity index (χ2n) is 8.00. The molecule has 1 aromatic carbocycles. The molecule has 0 atom stereocenters. The lowest BCUT2D eigenvalue weighted by Gasteiger charge is -2.25. The van der Waals surface area contributed by atoms with Crippen LogP contribution in [0.4, 0.5) is 5.82 Å². The van der Waals surface area contributed by atoms with Crippen LogP contribution >= 0.6 is 0 Å². The molecule has 0 aliphatic carbocycles. The van der Waals surface area contributed by atoms with Crippen molar-refractivity contribution in [2.45, 2.75) is 38.4 Å². The molecule has 11 heteroatoms. The molecule has 10 nitrogen and oxygen atoms in total. The van der Waals surface area contributed by atoms with Crippen LogP contribution in [-0.2, 0) is 16.0 Å². The number of hydrogen-bond donors (Lipinski definition) is 3. The van der Waals surface area contributed by atoms with E-state index in [4.69, 9.17) is 20.6 Å². The number of nitrogen functional groups attached to an aromatic ring is 1. The lowest BCUT2D eigenvalue weighted by molar-refractivity contribution is -0.0523. The maximum Gasteiger partial charge on any atom is 0.284 e. The molecule has 1 fully saturated rings. The number of rotatable bonds is 7. The number of nitriles is 1. The number of aromatic nitrogens is 2. The van der Waals surface area contributed by atoms with Gasteiger partial charge in [0.05, 0.1) is 17.2 Å². The van der Waals surface area contributed by atoms with E-state index in [1.807, 2.05) is 0 Å². The van der Waals surface area contributed by atoms with Crippen molar-refractivity contribution in [3.8, 4) is 23.3 Å². The smallest absolute Gasteiger partial charge is 0.284 e. The SMILES string of the molecule is CC(C)(O)CONC(=O)c1c(N)nc(-c2cccc(C#N)c2)nc1O[C@H]1CC[S@@+]([O-])CC1. The van der Waals surface area contributed by atoms with Crippen molar-refractivity contribution in [2.75, 3.05) is 23.8 Å². The predicted octanol–water partition coefficient (Wildman–Crippen LogP) is 1.32. The average Bonchev–Trinajstić information content (AvgIpc) is 2.74. The van der Waals surface area contributed by atoms with Gasteiger partial charge in [-0.2, -0.15) is 10.2 Å². The summed E-state index contributed by atoms with van der Waals surface area (Å²) in [4.78, 5) is 26.5. The summed E-state index contributed by atoms with van der Waals surface area (Å²) in [5, 5.41) is 18.9. The van der Waals surface area contributed by atoms with Crippen LogP contribution in [0.15, 0.2) is 24.3 Å². The molecule has 2 aromatic rings. The fourth-order valence-corrected chi connectivity index (χ4v) is 4.25. The number of amides is 1. The third-order valence-corrected chi connectivity index (χ3v) is 5.97. The van der Waals surface area contributed by atoms with Crippen molar-refractivity contribution in [2.24, 2.45) is 0 Å². The number of carbonyl (C=O) groups is 1. The molecule has 0 unspecified atom stereocenters. The van der Waals surface area contributed by atoms with Gasteiger partial charge in [0.2, 0.25) is 5.88 Å². The Morgan fingerprint density at radius 2 is 2.12 bits per heavy atom. The van der Waals surface area contributed by atoms with Crippen LogP contribution < -0.4 is 16.0 Å². The van der Waals surface area contributed by atoms with Crippen molar-refractivity contribution in [1.82, 2.24) is 15.4 Å². The zero-order chi connectivity index (χ0) is 23.3. The van der Waals surface area contributed by atoms with Crippen LogP contribution in [0.2, 0.25) is 0 Å². The number of ether oxygens (including phenoxy) is 1. The minimum absolute atomic E-state index is 0.0306. The lowest BCUT2D eigenvalue weighted by Crippen LogP contribution is -2.35. The third kappa shape index (κ3) is 6.30. The van der Waals surface area contributed by atoms with Gasteiger partial charge in [0.15, 0.2) is 5.82 Å². The number of hydrogen-bond acceptors (Lipinski definition) is 9. The van der Waals surface area contributed by atoms with E-state index in [9.17, 15) is 14.5 Å². The number of anilines is 1. The molecule has 1 aromatic heterocycles. The fourth-order valence-electron chi connectivity index (χ4n) is 2.99. The van der Waals surface area contributed by atoms with Gasteiger partial charge in [-0.25, -0.2) is 10.5 Å². The monoisotopic (exact) mass is 459 g/mol. The number of hydroxylamine groups is 1. The van der Waals surface area contributed by atoms with Crippen molar-refractivity contribution >= 4 is 22.9 Å². The first-order valence-corrected chi connectivity index (χ1v) is 11.5. The Morgan fingerprint density at radius 3 is 2.78 bits per heavy atom. The standard InChI is InChI=1S/C21H25N5O5S/c1-21(2,28)12-30-26-19(27)16-17(23)24-18(14-5-3-4-13(10-14)11-22)25-20(16)31-15-6-8-32(29)9-7-15/h3-5,10,15,28H,6-9,12H2,1-2H3,(H,26,27)(H2,23,24,25)/t15-,32+. The zero-order valence-corrected chi connectivity index (χ0v) is 18.6. The molecule has 1 aliphatic rings. The van der Waals surface area contributed by atoms with E-state index in [2.05, 4.69) is 21.5 Å². The molecule has 0 saturated carbocycles. The molecular weight excluding hydrogens is 434 g/mol. The van der Waals surface area contributed by atoms with E-state index in [0.717, 1.165) is 0 Å². The van der Waals surface area contributed by atoms with Crippen molar-refractivity contribution in [1.29, 1.82) is 5.26 Å². The minimum atomic E-state index is -1.15. The van der Waals surface area contributed by atoms with Gasteiger partial charge in [-0.15, -0.1) is 0 Å². The maximum absolute atomic E-state index is 12.8. The molecule has 0 bridgehead atoms. The van der Waals surface area contributed by atoms with E-state index >= 15 is 0 Å². The van der Waals surface area contributed by atoms with Crippen molar-refractivity contribution in [3.63, 3.8) is 0 Å². The number of nitrogens with two attached hydrogens (primary N) is 1. The van der Waals surface area contributed by atoms with Crippen LogP contribution in [-0.4, -0.2) is 55.4 Å². The number of benzene rings is 1. The summed E-state index contributed by atoms with van der Waals surface area (Å²) in [5.41, 5.74) is 8.04. The molecule has 1 saturated heterocycles. The molecule has 1 amide bonds.